The minimum atomic E-state index is -0.349. The summed E-state index contributed by atoms with van der Waals surface area (Å²) in [4.78, 5) is 14.4. The van der Waals surface area contributed by atoms with Gasteiger partial charge in [0.05, 0.1) is 0 Å². The number of carbonyl (C=O) groups is 1. The number of aryl methyl sites for hydroxylation is 1. The number of amides is 1. The summed E-state index contributed by atoms with van der Waals surface area (Å²) < 4.78 is 12.9. The van der Waals surface area contributed by atoms with Crippen molar-refractivity contribution in [1.29, 1.82) is 0 Å². The highest BCUT2D eigenvalue weighted by Crippen LogP contribution is 2.09. The van der Waals surface area contributed by atoms with E-state index < -0.39 is 0 Å². The Balaban J connectivity index is 2.38. The van der Waals surface area contributed by atoms with E-state index in [9.17, 15) is 9.18 Å². The summed E-state index contributed by atoms with van der Waals surface area (Å²) in [5, 5.41) is 6.14. The van der Waals surface area contributed by atoms with Crippen molar-refractivity contribution < 1.29 is 9.18 Å². The molecule has 0 aliphatic carbocycles. The zero-order chi connectivity index (χ0) is 13.4. The Hall–Kier alpha value is -2.07. The van der Waals surface area contributed by atoms with Gasteiger partial charge < -0.3 is 5.32 Å². The van der Waals surface area contributed by atoms with Gasteiger partial charge in [-0.3, -0.25) is 4.79 Å². The van der Waals surface area contributed by atoms with E-state index in [1.54, 1.807) is 6.92 Å². The van der Waals surface area contributed by atoms with E-state index in [0.717, 1.165) is 12.8 Å². The second-order valence-corrected chi connectivity index (χ2v) is 3.88. The Morgan fingerprint density at radius 3 is 2.94 bits per heavy atom. The zero-order valence-corrected chi connectivity index (χ0v) is 10.2. The molecule has 0 unspecified atom stereocenters. The fourth-order valence-corrected chi connectivity index (χ4v) is 1.53. The number of carbonyl (C=O) groups excluding carboxylic acids is 1. The summed E-state index contributed by atoms with van der Waals surface area (Å²) in [5.41, 5.74) is 9.16. The predicted molar refractivity (Wildman–Crippen MR) is 66.7 cm³/mol. The molecule has 1 aromatic carbocycles. The standard InChI is InChI=1S/C12H15FN4O/c1-9-8-10(13)4-5-11(9)12(18)15-6-2-3-7-16-17-14/h4-5,8H,2-3,6-7H2,1H3,(H,15,18). The number of unbranched alkanes of at least 4 members (excludes halogenated alkanes) is 1. The lowest BCUT2D eigenvalue weighted by Gasteiger charge is -2.07. The molecular weight excluding hydrogens is 235 g/mol. The smallest absolute Gasteiger partial charge is 0.251 e. The fourth-order valence-electron chi connectivity index (χ4n) is 1.53. The summed E-state index contributed by atoms with van der Waals surface area (Å²) in [6, 6.07) is 4.07. The number of nitrogens with zero attached hydrogens (tertiary/aromatic N) is 3. The third-order valence-electron chi connectivity index (χ3n) is 2.47. The monoisotopic (exact) mass is 250 g/mol. The molecule has 0 aliphatic rings. The molecule has 0 aliphatic heterocycles. The summed E-state index contributed by atoms with van der Waals surface area (Å²) in [5.74, 6) is -0.560. The molecule has 0 heterocycles. The average Bonchev–Trinajstić information content (AvgIpc) is 2.33. The van der Waals surface area contributed by atoms with Crippen LogP contribution in [0.25, 0.3) is 10.4 Å². The first-order valence-electron chi connectivity index (χ1n) is 5.70. The second-order valence-electron chi connectivity index (χ2n) is 3.88. The van der Waals surface area contributed by atoms with Crippen LogP contribution in [-0.4, -0.2) is 19.0 Å². The molecule has 0 aromatic heterocycles. The van der Waals surface area contributed by atoms with Crippen molar-refractivity contribution in [3.05, 3.63) is 45.6 Å². The summed E-state index contributed by atoms with van der Waals surface area (Å²) >= 11 is 0. The highest BCUT2D eigenvalue weighted by molar-refractivity contribution is 5.95. The van der Waals surface area contributed by atoms with E-state index >= 15 is 0 Å². The third kappa shape index (κ3) is 4.43. The summed E-state index contributed by atoms with van der Waals surface area (Å²) in [6.07, 6.45) is 1.47. The number of nitrogens with one attached hydrogen (secondary N) is 1. The Kier molecular flexibility index (Phi) is 5.67. The average molecular weight is 250 g/mol. The maximum absolute atomic E-state index is 12.9. The number of rotatable bonds is 6. The van der Waals surface area contributed by atoms with Crippen molar-refractivity contribution >= 4 is 5.91 Å². The Labute approximate surface area is 105 Å². The molecule has 1 aromatic rings. The van der Waals surface area contributed by atoms with E-state index in [4.69, 9.17) is 5.53 Å². The minimum Gasteiger partial charge on any atom is -0.352 e. The van der Waals surface area contributed by atoms with Gasteiger partial charge in [0.2, 0.25) is 0 Å². The van der Waals surface area contributed by atoms with Crippen LogP contribution in [-0.2, 0) is 0 Å². The van der Waals surface area contributed by atoms with Crippen molar-refractivity contribution in [3.63, 3.8) is 0 Å². The fraction of sp³-hybridized carbons (Fsp3) is 0.417. The molecule has 0 atom stereocenters. The first kappa shape index (κ1) is 14.0. The SMILES string of the molecule is Cc1cc(F)ccc1C(=O)NCCCCN=[N+]=[N-]. The topological polar surface area (TPSA) is 77.9 Å². The van der Waals surface area contributed by atoms with E-state index in [1.165, 1.54) is 18.2 Å². The third-order valence-corrected chi connectivity index (χ3v) is 2.47. The number of halogens is 1. The van der Waals surface area contributed by atoms with Crippen LogP contribution >= 0.6 is 0 Å². The van der Waals surface area contributed by atoms with Gasteiger partial charge in [-0.05, 0) is 49.1 Å². The van der Waals surface area contributed by atoms with Crippen LogP contribution in [0.1, 0.15) is 28.8 Å². The molecule has 96 valence electrons. The van der Waals surface area contributed by atoms with Crippen LogP contribution in [0.4, 0.5) is 4.39 Å². The van der Waals surface area contributed by atoms with Crippen LogP contribution in [0, 0.1) is 12.7 Å². The number of benzene rings is 1. The predicted octanol–water partition coefficient (Wildman–Crippen LogP) is 2.95. The van der Waals surface area contributed by atoms with Crippen molar-refractivity contribution in [2.75, 3.05) is 13.1 Å². The Morgan fingerprint density at radius 2 is 2.28 bits per heavy atom. The molecule has 0 saturated carbocycles. The molecule has 18 heavy (non-hydrogen) atoms. The van der Waals surface area contributed by atoms with E-state index in [0.29, 0.717) is 24.2 Å². The number of azide groups is 1. The van der Waals surface area contributed by atoms with E-state index in [1.807, 2.05) is 0 Å². The van der Waals surface area contributed by atoms with Gasteiger partial charge in [0.15, 0.2) is 0 Å². The molecule has 0 radical (unpaired) electrons. The van der Waals surface area contributed by atoms with Crippen molar-refractivity contribution in [1.82, 2.24) is 5.32 Å². The minimum absolute atomic E-state index is 0.212. The van der Waals surface area contributed by atoms with Gasteiger partial charge in [0.1, 0.15) is 5.82 Å². The molecule has 5 nitrogen and oxygen atoms in total. The van der Waals surface area contributed by atoms with Crippen LogP contribution in [0.15, 0.2) is 23.3 Å². The molecule has 1 rings (SSSR count). The lowest BCUT2D eigenvalue weighted by Crippen LogP contribution is -2.25. The molecule has 0 saturated heterocycles. The summed E-state index contributed by atoms with van der Waals surface area (Å²) in [6.45, 7) is 2.64. The van der Waals surface area contributed by atoms with Gasteiger partial charge in [-0.15, -0.1) is 0 Å². The first-order valence-corrected chi connectivity index (χ1v) is 5.70. The lowest BCUT2D eigenvalue weighted by molar-refractivity contribution is 0.0952. The number of hydrogen-bond acceptors (Lipinski definition) is 2. The van der Waals surface area contributed by atoms with Gasteiger partial charge in [0, 0.05) is 23.6 Å². The largest absolute Gasteiger partial charge is 0.352 e. The van der Waals surface area contributed by atoms with Gasteiger partial charge in [0.25, 0.3) is 5.91 Å². The maximum atomic E-state index is 12.9. The second kappa shape index (κ2) is 7.29. The quantitative estimate of drug-likeness (QED) is 0.358. The molecule has 6 heteroatoms. The van der Waals surface area contributed by atoms with Crippen LogP contribution < -0.4 is 5.32 Å². The molecule has 1 amide bonds. The van der Waals surface area contributed by atoms with Gasteiger partial charge in [-0.1, -0.05) is 5.11 Å². The van der Waals surface area contributed by atoms with Crippen molar-refractivity contribution in [2.24, 2.45) is 5.11 Å². The molecule has 0 fully saturated rings. The normalized spacial score (nSPS) is 9.67. The van der Waals surface area contributed by atoms with Crippen LogP contribution in [0.5, 0.6) is 0 Å². The zero-order valence-electron chi connectivity index (χ0n) is 10.2. The van der Waals surface area contributed by atoms with E-state index in [2.05, 4.69) is 15.3 Å². The highest BCUT2D eigenvalue weighted by atomic mass is 19.1. The maximum Gasteiger partial charge on any atom is 0.251 e. The summed E-state index contributed by atoms with van der Waals surface area (Å²) in [7, 11) is 0. The Bertz CT molecular complexity index is 469. The van der Waals surface area contributed by atoms with Crippen molar-refractivity contribution in [3.8, 4) is 0 Å². The lowest BCUT2D eigenvalue weighted by atomic mass is 10.1. The Morgan fingerprint density at radius 1 is 1.50 bits per heavy atom. The molecule has 0 bridgehead atoms. The first-order chi connectivity index (χ1) is 8.65. The number of hydrogen-bond donors (Lipinski definition) is 1. The molecular formula is C12H15FN4O. The van der Waals surface area contributed by atoms with Crippen LogP contribution in [0.3, 0.4) is 0 Å². The van der Waals surface area contributed by atoms with Crippen LogP contribution in [0.2, 0.25) is 0 Å². The van der Waals surface area contributed by atoms with Gasteiger partial charge in [-0.2, -0.15) is 0 Å². The van der Waals surface area contributed by atoms with E-state index in [-0.39, 0.29) is 11.7 Å². The molecule has 1 N–H and O–H groups in total. The highest BCUT2D eigenvalue weighted by Gasteiger charge is 2.08. The van der Waals surface area contributed by atoms with Gasteiger partial charge in [-0.25, -0.2) is 4.39 Å². The molecule has 0 spiro atoms. The van der Waals surface area contributed by atoms with Crippen molar-refractivity contribution in [2.45, 2.75) is 19.8 Å². The van der Waals surface area contributed by atoms with Gasteiger partial charge >= 0.3 is 0 Å².